The van der Waals surface area contributed by atoms with Gasteiger partial charge in [0.1, 0.15) is 5.75 Å². The molecule has 2 bridgehead atoms. The smallest absolute Gasteiger partial charge is 0.243 e. The fraction of sp³-hybridized carbons (Fsp3) is 0.682. The minimum atomic E-state index is -3.50. The van der Waals surface area contributed by atoms with Gasteiger partial charge in [0.2, 0.25) is 15.9 Å². The van der Waals surface area contributed by atoms with Crippen LogP contribution in [-0.4, -0.2) is 44.9 Å². The Balaban J connectivity index is 1.42. The van der Waals surface area contributed by atoms with E-state index >= 15 is 0 Å². The third kappa shape index (κ3) is 4.45. The molecule has 1 saturated heterocycles. The first-order valence-electron chi connectivity index (χ1n) is 10.9. The van der Waals surface area contributed by atoms with Gasteiger partial charge in [0.25, 0.3) is 0 Å². The van der Waals surface area contributed by atoms with Crippen molar-refractivity contribution in [3.05, 3.63) is 23.8 Å². The Bertz CT molecular complexity index is 848. The lowest BCUT2D eigenvalue weighted by atomic mass is 9.95. The normalized spacial score (nSPS) is 27.1. The largest absolute Gasteiger partial charge is 0.496 e. The predicted molar refractivity (Wildman–Crippen MR) is 111 cm³/mol. The summed E-state index contributed by atoms with van der Waals surface area (Å²) < 4.78 is 33.0. The quantitative estimate of drug-likeness (QED) is 0.735. The number of ether oxygens (including phenoxy) is 1. The van der Waals surface area contributed by atoms with E-state index in [9.17, 15) is 13.2 Å². The van der Waals surface area contributed by atoms with Crippen molar-refractivity contribution >= 4 is 15.9 Å². The van der Waals surface area contributed by atoms with Gasteiger partial charge in [-0.1, -0.05) is 12.8 Å². The second kappa shape index (κ2) is 8.64. The van der Waals surface area contributed by atoms with Gasteiger partial charge in [-0.25, -0.2) is 8.42 Å². The first-order valence-corrected chi connectivity index (χ1v) is 12.4. The van der Waals surface area contributed by atoms with E-state index in [1.165, 1.54) is 19.3 Å². The Morgan fingerprint density at radius 2 is 1.97 bits per heavy atom. The Labute approximate surface area is 174 Å². The molecule has 2 aliphatic carbocycles. The zero-order chi connectivity index (χ0) is 20.4. The maximum absolute atomic E-state index is 13.0. The number of nitrogens with one attached hydrogen (secondary N) is 1. The molecule has 3 atom stereocenters. The summed E-state index contributed by atoms with van der Waals surface area (Å²) in [5, 5.41) is 3.21. The number of hydrogen-bond donors (Lipinski definition) is 1. The average Bonchev–Trinajstić information content (AvgIpc) is 3.36. The lowest BCUT2D eigenvalue weighted by Gasteiger charge is -2.26. The minimum absolute atomic E-state index is 0.0499. The Morgan fingerprint density at radius 1 is 1.17 bits per heavy atom. The molecule has 0 aromatic heterocycles. The molecule has 1 aliphatic heterocycles. The van der Waals surface area contributed by atoms with Gasteiger partial charge in [-0.3, -0.25) is 4.79 Å². The van der Waals surface area contributed by atoms with E-state index in [1.54, 1.807) is 29.6 Å². The minimum Gasteiger partial charge on any atom is -0.496 e. The second-order valence-electron chi connectivity index (χ2n) is 8.79. The standard InChI is InChI=1S/C22H32N2O4S/c1-28-21-9-8-19(29(26,27)24-11-3-2-4-12-24)15-18(21)7-10-22(25)23-20-14-16-5-6-17(20)13-16/h8-9,15-17,20H,2-7,10-14H2,1H3,(H,23,25)/t16-,17-,20-/m1/s1. The van der Waals surface area contributed by atoms with Gasteiger partial charge in [-0.2, -0.15) is 4.31 Å². The molecule has 6 nitrogen and oxygen atoms in total. The highest BCUT2D eigenvalue weighted by atomic mass is 32.2. The fourth-order valence-corrected chi connectivity index (χ4v) is 6.88. The zero-order valence-corrected chi connectivity index (χ0v) is 18.0. The molecule has 0 radical (unpaired) electrons. The molecule has 0 unspecified atom stereocenters. The monoisotopic (exact) mass is 420 g/mol. The maximum atomic E-state index is 13.0. The Morgan fingerprint density at radius 3 is 2.62 bits per heavy atom. The highest BCUT2D eigenvalue weighted by molar-refractivity contribution is 7.89. The number of carbonyl (C=O) groups excluding carboxylic acids is 1. The number of piperidine rings is 1. The van der Waals surface area contributed by atoms with Gasteiger partial charge in [0, 0.05) is 25.6 Å². The lowest BCUT2D eigenvalue weighted by Crippen LogP contribution is -2.38. The van der Waals surface area contributed by atoms with Crippen molar-refractivity contribution in [3.8, 4) is 5.75 Å². The van der Waals surface area contributed by atoms with Crippen molar-refractivity contribution in [2.24, 2.45) is 11.8 Å². The summed E-state index contributed by atoms with van der Waals surface area (Å²) in [5.41, 5.74) is 0.772. The molecule has 7 heteroatoms. The molecule has 1 heterocycles. The third-order valence-corrected chi connectivity index (χ3v) is 8.81. The Kier molecular flexibility index (Phi) is 6.16. The number of benzene rings is 1. The summed E-state index contributed by atoms with van der Waals surface area (Å²) in [6.07, 6.45) is 8.63. The van der Waals surface area contributed by atoms with E-state index in [-0.39, 0.29) is 5.91 Å². The summed E-state index contributed by atoms with van der Waals surface area (Å²) in [7, 11) is -1.92. The topological polar surface area (TPSA) is 75.7 Å². The first kappa shape index (κ1) is 20.7. The molecule has 29 heavy (non-hydrogen) atoms. The van der Waals surface area contributed by atoms with Crippen LogP contribution in [0.2, 0.25) is 0 Å². The van der Waals surface area contributed by atoms with E-state index in [4.69, 9.17) is 4.74 Å². The zero-order valence-electron chi connectivity index (χ0n) is 17.2. The van der Waals surface area contributed by atoms with Crippen LogP contribution in [0, 0.1) is 11.8 Å². The number of sulfonamides is 1. The summed E-state index contributed by atoms with van der Waals surface area (Å²) in [5.74, 6) is 2.13. The van der Waals surface area contributed by atoms with Crippen molar-refractivity contribution < 1.29 is 17.9 Å². The van der Waals surface area contributed by atoms with Gasteiger partial charge >= 0.3 is 0 Å². The van der Waals surface area contributed by atoms with Gasteiger partial charge < -0.3 is 10.1 Å². The molecule has 1 N–H and O–H groups in total. The number of hydrogen-bond acceptors (Lipinski definition) is 4. The van der Waals surface area contributed by atoms with Crippen molar-refractivity contribution in [1.82, 2.24) is 9.62 Å². The fourth-order valence-electron chi connectivity index (χ4n) is 5.31. The summed E-state index contributed by atoms with van der Waals surface area (Å²) in [6, 6.07) is 5.34. The van der Waals surface area contributed by atoms with Crippen molar-refractivity contribution in [2.75, 3.05) is 20.2 Å². The van der Waals surface area contributed by atoms with Gasteiger partial charge in [-0.15, -0.1) is 0 Å². The van der Waals surface area contributed by atoms with E-state index in [1.807, 2.05) is 0 Å². The summed E-state index contributed by atoms with van der Waals surface area (Å²) >= 11 is 0. The second-order valence-corrected chi connectivity index (χ2v) is 10.7. The van der Waals surface area contributed by atoms with Crippen LogP contribution in [0.1, 0.15) is 56.9 Å². The number of rotatable bonds is 7. The van der Waals surface area contributed by atoms with Crippen molar-refractivity contribution in [1.29, 1.82) is 0 Å². The van der Waals surface area contributed by atoms with Crippen LogP contribution < -0.4 is 10.1 Å². The Hall–Kier alpha value is -1.60. The molecule has 2 saturated carbocycles. The summed E-state index contributed by atoms with van der Waals surface area (Å²) in [6.45, 7) is 1.16. The van der Waals surface area contributed by atoms with Crippen LogP contribution in [0.3, 0.4) is 0 Å². The lowest BCUT2D eigenvalue weighted by molar-refractivity contribution is -0.122. The molecular formula is C22H32N2O4S. The van der Waals surface area contributed by atoms with E-state index in [0.29, 0.717) is 48.5 Å². The SMILES string of the molecule is COc1ccc(S(=O)(=O)N2CCCCC2)cc1CCC(=O)N[C@@H]1C[C@@H]2CC[C@@H]1C2. The van der Waals surface area contributed by atoms with Crippen LogP contribution >= 0.6 is 0 Å². The first-order chi connectivity index (χ1) is 14.0. The molecule has 3 aliphatic rings. The number of aryl methyl sites for hydroxylation is 1. The molecular weight excluding hydrogens is 388 g/mol. The maximum Gasteiger partial charge on any atom is 0.243 e. The van der Waals surface area contributed by atoms with Crippen LogP contribution in [0.4, 0.5) is 0 Å². The van der Waals surface area contributed by atoms with Crippen LogP contribution in [0.25, 0.3) is 0 Å². The van der Waals surface area contributed by atoms with Crippen LogP contribution in [-0.2, 0) is 21.2 Å². The molecule has 4 rings (SSSR count). The molecule has 3 fully saturated rings. The highest BCUT2D eigenvalue weighted by Crippen LogP contribution is 2.44. The molecule has 1 aromatic rings. The number of methoxy groups -OCH3 is 1. The summed E-state index contributed by atoms with van der Waals surface area (Å²) in [4.78, 5) is 12.8. The third-order valence-electron chi connectivity index (χ3n) is 6.91. The van der Waals surface area contributed by atoms with Crippen LogP contribution in [0.5, 0.6) is 5.75 Å². The number of carbonyl (C=O) groups is 1. The van der Waals surface area contributed by atoms with Crippen molar-refractivity contribution in [2.45, 2.75) is 68.7 Å². The average molecular weight is 421 g/mol. The van der Waals surface area contributed by atoms with Crippen LogP contribution in [0.15, 0.2) is 23.1 Å². The number of fused-ring (bicyclic) bond motifs is 2. The molecule has 1 amide bonds. The van der Waals surface area contributed by atoms with Gasteiger partial charge in [0.05, 0.1) is 12.0 Å². The van der Waals surface area contributed by atoms with E-state index < -0.39 is 10.0 Å². The van der Waals surface area contributed by atoms with Gasteiger partial charge in [0.15, 0.2) is 0 Å². The highest BCUT2D eigenvalue weighted by Gasteiger charge is 2.40. The van der Waals surface area contributed by atoms with Gasteiger partial charge in [-0.05, 0) is 74.1 Å². The van der Waals surface area contributed by atoms with E-state index in [2.05, 4.69) is 5.32 Å². The number of nitrogens with zero attached hydrogens (tertiary/aromatic N) is 1. The number of amides is 1. The van der Waals surface area contributed by atoms with E-state index in [0.717, 1.165) is 37.2 Å². The molecule has 0 spiro atoms. The predicted octanol–water partition coefficient (Wildman–Crippen LogP) is 3.11. The molecule has 1 aromatic carbocycles. The van der Waals surface area contributed by atoms with Crippen molar-refractivity contribution in [3.63, 3.8) is 0 Å². The molecule has 160 valence electrons.